The second-order valence-corrected chi connectivity index (χ2v) is 17.4. The molecule has 294 valence electrons. The molecule has 4 aromatic heterocycles. The van der Waals surface area contributed by atoms with Crippen molar-refractivity contribution in [3.05, 3.63) is 224 Å². The second-order valence-electron chi connectivity index (χ2n) is 16.4. The van der Waals surface area contributed by atoms with Gasteiger partial charge >= 0.3 is 0 Å². The van der Waals surface area contributed by atoms with E-state index in [0.717, 1.165) is 44.9 Å². The molecule has 0 amide bonds. The van der Waals surface area contributed by atoms with Gasteiger partial charge in [0.25, 0.3) is 0 Å². The van der Waals surface area contributed by atoms with Crippen LogP contribution in [-0.2, 0) is 0 Å². The second kappa shape index (κ2) is 14.3. The summed E-state index contributed by atoms with van der Waals surface area (Å²) in [6.07, 6.45) is 0. The zero-order chi connectivity index (χ0) is 41.4. The monoisotopic (exact) mass is 819 g/mol. The first kappa shape index (κ1) is 35.7. The highest BCUT2D eigenvalue weighted by molar-refractivity contribution is 7.25. The van der Waals surface area contributed by atoms with Crippen LogP contribution in [0.1, 0.15) is 0 Å². The lowest BCUT2D eigenvalue weighted by molar-refractivity contribution is 1.18. The van der Waals surface area contributed by atoms with Crippen LogP contribution in [0.5, 0.6) is 0 Å². The highest BCUT2D eigenvalue weighted by atomic mass is 32.1. The van der Waals surface area contributed by atoms with Crippen LogP contribution < -0.4 is 0 Å². The molecule has 0 spiro atoms. The standard InChI is InChI=1S/C59H37N3S/c1-3-13-38(14-4-1)52-21-12-22-53(60-52)43-15-11-18-45(33-43)62-55-30-26-39(41-28-32-59-51(36-41)48-20-8-10-24-58(48)63-59)34-49(55)50-35-40(27-31-56(50)62)42-25-29-47-46-19-7-9-23-54(46)61(57(47)37-42)44-16-5-2-6-17-44/h1-37H. The van der Waals surface area contributed by atoms with Crippen molar-refractivity contribution in [2.24, 2.45) is 0 Å². The maximum atomic E-state index is 5.14. The van der Waals surface area contributed by atoms with E-state index in [1.54, 1.807) is 0 Å². The number of para-hydroxylation sites is 2. The normalized spacial score (nSPS) is 11.8. The van der Waals surface area contributed by atoms with Gasteiger partial charge in [0.2, 0.25) is 0 Å². The Morgan fingerprint density at radius 3 is 1.56 bits per heavy atom. The molecule has 0 saturated carbocycles. The first-order chi connectivity index (χ1) is 31.2. The number of nitrogens with zero attached hydrogens (tertiary/aromatic N) is 3. The van der Waals surface area contributed by atoms with Gasteiger partial charge in [-0.05, 0) is 113 Å². The van der Waals surface area contributed by atoms with Crippen LogP contribution in [0.15, 0.2) is 224 Å². The Balaban J connectivity index is 1.01. The van der Waals surface area contributed by atoms with Crippen molar-refractivity contribution < 1.29 is 0 Å². The summed E-state index contributed by atoms with van der Waals surface area (Å²) in [5, 5.41) is 7.56. The van der Waals surface area contributed by atoms with Gasteiger partial charge in [0.15, 0.2) is 0 Å². The summed E-state index contributed by atoms with van der Waals surface area (Å²) in [5.41, 5.74) is 15.9. The van der Waals surface area contributed by atoms with E-state index in [1.165, 1.54) is 75.0 Å². The lowest BCUT2D eigenvalue weighted by Gasteiger charge is -2.12. The first-order valence-corrected chi connectivity index (χ1v) is 22.3. The van der Waals surface area contributed by atoms with E-state index < -0.39 is 0 Å². The summed E-state index contributed by atoms with van der Waals surface area (Å²) in [6, 6.07) is 81.6. The molecule has 0 aliphatic heterocycles. The van der Waals surface area contributed by atoms with Crippen LogP contribution in [0, 0.1) is 0 Å². The van der Waals surface area contributed by atoms with Gasteiger partial charge < -0.3 is 9.13 Å². The van der Waals surface area contributed by atoms with Gasteiger partial charge in [0, 0.05) is 64.2 Å². The molecule has 9 aromatic carbocycles. The fraction of sp³-hybridized carbons (Fsp3) is 0. The van der Waals surface area contributed by atoms with Crippen molar-refractivity contribution in [3.63, 3.8) is 0 Å². The quantitative estimate of drug-likeness (QED) is 0.164. The van der Waals surface area contributed by atoms with E-state index >= 15 is 0 Å². The van der Waals surface area contributed by atoms with Crippen molar-refractivity contribution in [1.82, 2.24) is 14.1 Å². The molecule has 0 aliphatic carbocycles. The number of rotatable bonds is 6. The predicted octanol–water partition coefficient (Wildman–Crippen LogP) is 16.3. The minimum atomic E-state index is 0.947. The molecule has 0 N–H and O–H groups in total. The van der Waals surface area contributed by atoms with Crippen LogP contribution in [0.2, 0.25) is 0 Å². The van der Waals surface area contributed by atoms with Gasteiger partial charge in [-0.3, -0.25) is 0 Å². The number of hydrogen-bond acceptors (Lipinski definition) is 2. The zero-order valence-corrected chi connectivity index (χ0v) is 34.9. The molecule has 13 rings (SSSR count). The number of fused-ring (bicyclic) bond motifs is 9. The number of thiophene rings is 1. The molecule has 0 saturated heterocycles. The predicted molar refractivity (Wildman–Crippen MR) is 268 cm³/mol. The third-order valence-corrected chi connectivity index (χ3v) is 13.9. The number of pyridine rings is 1. The van der Waals surface area contributed by atoms with Crippen molar-refractivity contribution in [3.8, 4) is 56.1 Å². The van der Waals surface area contributed by atoms with E-state index in [2.05, 4.69) is 228 Å². The van der Waals surface area contributed by atoms with E-state index in [0.29, 0.717) is 0 Å². The molecule has 0 bridgehead atoms. The smallest absolute Gasteiger partial charge is 0.0710 e. The van der Waals surface area contributed by atoms with E-state index in [4.69, 9.17) is 4.98 Å². The average Bonchev–Trinajstić information content (AvgIpc) is 4.01. The first-order valence-electron chi connectivity index (χ1n) is 21.4. The molecular formula is C59H37N3S. The SMILES string of the molecule is c1ccc(-c2cccc(-c3cccc(-n4c5ccc(-c6ccc7sc8ccccc8c7c6)cc5c5cc(-c6ccc7c8ccccc8n(-c8ccccc8)c7c6)ccc54)c3)n2)cc1. The Morgan fingerprint density at radius 2 is 0.778 bits per heavy atom. The minimum absolute atomic E-state index is 0.947. The third-order valence-electron chi connectivity index (χ3n) is 12.7. The molecule has 0 unspecified atom stereocenters. The largest absolute Gasteiger partial charge is 0.309 e. The summed E-state index contributed by atoms with van der Waals surface area (Å²) in [6.45, 7) is 0. The Hall–Kier alpha value is -8.05. The van der Waals surface area contributed by atoms with Crippen LogP contribution in [0.4, 0.5) is 0 Å². The highest BCUT2D eigenvalue weighted by Crippen LogP contribution is 2.41. The topological polar surface area (TPSA) is 22.8 Å². The van der Waals surface area contributed by atoms with Crippen LogP contribution >= 0.6 is 11.3 Å². The minimum Gasteiger partial charge on any atom is -0.309 e. The number of hydrogen-bond donors (Lipinski definition) is 0. The Bertz CT molecular complexity index is 3910. The molecule has 0 aliphatic rings. The third kappa shape index (κ3) is 5.84. The Kier molecular flexibility index (Phi) is 8.08. The van der Waals surface area contributed by atoms with E-state index in [1.807, 2.05) is 17.4 Å². The van der Waals surface area contributed by atoms with E-state index in [-0.39, 0.29) is 0 Å². The van der Waals surface area contributed by atoms with Crippen molar-refractivity contribution in [2.75, 3.05) is 0 Å². The molecule has 0 atom stereocenters. The Morgan fingerprint density at radius 1 is 0.270 bits per heavy atom. The summed E-state index contributed by atoms with van der Waals surface area (Å²) in [5.74, 6) is 0. The van der Waals surface area contributed by atoms with Gasteiger partial charge in [0.1, 0.15) is 0 Å². The molecule has 0 radical (unpaired) electrons. The maximum absolute atomic E-state index is 5.14. The molecule has 13 aromatic rings. The van der Waals surface area contributed by atoms with Crippen molar-refractivity contribution in [1.29, 1.82) is 0 Å². The fourth-order valence-corrected chi connectivity index (χ4v) is 10.8. The molecular weight excluding hydrogens is 783 g/mol. The van der Waals surface area contributed by atoms with Crippen molar-refractivity contribution >= 4 is 75.1 Å². The highest BCUT2D eigenvalue weighted by Gasteiger charge is 2.18. The lowest BCUT2D eigenvalue weighted by Crippen LogP contribution is -1.95. The molecule has 4 heteroatoms. The number of aromatic nitrogens is 3. The van der Waals surface area contributed by atoms with Gasteiger partial charge in [-0.1, -0.05) is 133 Å². The fourth-order valence-electron chi connectivity index (χ4n) is 9.74. The lowest BCUT2D eigenvalue weighted by atomic mass is 9.99. The molecule has 3 nitrogen and oxygen atoms in total. The van der Waals surface area contributed by atoms with Gasteiger partial charge in [0.05, 0.1) is 33.5 Å². The summed E-state index contributed by atoms with van der Waals surface area (Å²) in [7, 11) is 0. The van der Waals surface area contributed by atoms with Crippen LogP contribution in [0.3, 0.4) is 0 Å². The molecule has 0 fully saturated rings. The Labute approximate surface area is 368 Å². The van der Waals surface area contributed by atoms with Gasteiger partial charge in [-0.25, -0.2) is 4.98 Å². The summed E-state index contributed by atoms with van der Waals surface area (Å²) in [4.78, 5) is 5.14. The maximum Gasteiger partial charge on any atom is 0.0710 e. The molecule has 4 heterocycles. The summed E-state index contributed by atoms with van der Waals surface area (Å²) >= 11 is 1.86. The van der Waals surface area contributed by atoms with Gasteiger partial charge in [-0.2, -0.15) is 0 Å². The zero-order valence-electron chi connectivity index (χ0n) is 34.1. The van der Waals surface area contributed by atoms with Crippen LogP contribution in [-0.4, -0.2) is 14.1 Å². The van der Waals surface area contributed by atoms with E-state index in [9.17, 15) is 0 Å². The van der Waals surface area contributed by atoms with Crippen molar-refractivity contribution in [2.45, 2.75) is 0 Å². The van der Waals surface area contributed by atoms with Gasteiger partial charge in [-0.15, -0.1) is 11.3 Å². The summed E-state index contributed by atoms with van der Waals surface area (Å²) < 4.78 is 7.46. The average molecular weight is 820 g/mol. The number of benzene rings is 9. The van der Waals surface area contributed by atoms with Crippen LogP contribution in [0.25, 0.3) is 120 Å². The molecule has 63 heavy (non-hydrogen) atoms.